The van der Waals surface area contributed by atoms with Crippen LogP contribution in [0.15, 0.2) is 12.2 Å². The van der Waals surface area contributed by atoms with Gasteiger partial charge in [0.1, 0.15) is 0 Å². The first-order chi connectivity index (χ1) is 6.65. The van der Waals surface area contributed by atoms with E-state index in [1.165, 1.54) is 0 Å². The van der Waals surface area contributed by atoms with Crippen molar-refractivity contribution in [2.45, 2.75) is 39.9 Å². The molecule has 0 amide bonds. The van der Waals surface area contributed by atoms with Gasteiger partial charge >= 0.3 is 0 Å². The number of hydrogen-bond acceptors (Lipinski definition) is 3. The number of ether oxygens (including phenoxy) is 2. The van der Waals surface area contributed by atoms with E-state index in [9.17, 15) is 4.79 Å². The molecule has 82 valence electrons. The van der Waals surface area contributed by atoms with Crippen LogP contribution in [0.2, 0.25) is 0 Å². The molecule has 0 radical (unpaired) electrons. The third-order valence-corrected chi connectivity index (χ3v) is 1.82. The first-order valence-corrected chi connectivity index (χ1v) is 5.08. The van der Waals surface area contributed by atoms with Crippen molar-refractivity contribution in [2.75, 3.05) is 13.2 Å². The van der Waals surface area contributed by atoms with Crippen molar-refractivity contribution in [1.82, 2.24) is 0 Å². The van der Waals surface area contributed by atoms with Crippen LogP contribution in [0.4, 0.5) is 0 Å². The standard InChI is InChI=1S/C11H20O3/c1-5-9(4)8-10(12)11(13-6-2)14-7-3/h11H,4-8H2,1-3H3. The largest absolute Gasteiger partial charge is 0.346 e. The molecular weight excluding hydrogens is 180 g/mol. The molecule has 0 aliphatic carbocycles. The molecule has 0 aliphatic heterocycles. The number of carbonyl (C=O) groups excluding carboxylic acids is 1. The first-order valence-electron chi connectivity index (χ1n) is 5.08. The van der Waals surface area contributed by atoms with Crippen LogP contribution in [0.5, 0.6) is 0 Å². The number of ketones is 1. The van der Waals surface area contributed by atoms with E-state index in [1.807, 2.05) is 20.8 Å². The Hall–Kier alpha value is -0.670. The summed E-state index contributed by atoms with van der Waals surface area (Å²) in [5.41, 5.74) is 0.916. The van der Waals surface area contributed by atoms with Crippen molar-refractivity contribution in [3.05, 3.63) is 12.2 Å². The van der Waals surface area contributed by atoms with E-state index in [-0.39, 0.29) is 5.78 Å². The Morgan fingerprint density at radius 1 is 1.21 bits per heavy atom. The van der Waals surface area contributed by atoms with Crippen LogP contribution in [-0.4, -0.2) is 25.3 Å². The second-order valence-corrected chi connectivity index (χ2v) is 2.99. The molecule has 0 rings (SSSR count). The molecule has 3 nitrogen and oxygen atoms in total. The number of hydrogen-bond donors (Lipinski definition) is 0. The lowest BCUT2D eigenvalue weighted by atomic mass is 10.1. The topological polar surface area (TPSA) is 35.5 Å². The van der Waals surface area contributed by atoms with Crippen molar-refractivity contribution in [1.29, 1.82) is 0 Å². The molecule has 0 aliphatic rings. The predicted octanol–water partition coefficient (Wildman–Crippen LogP) is 2.31. The average molecular weight is 200 g/mol. The average Bonchev–Trinajstić information content (AvgIpc) is 2.17. The highest BCUT2D eigenvalue weighted by molar-refractivity contribution is 5.83. The third kappa shape index (κ3) is 5.14. The Balaban J connectivity index is 4.06. The fraction of sp³-hybridized carbons (Fsp3) is 0.727. The molecule has 0 bridgehead atoms. The van der Waals surface area contributed by atoms with Gasteiger partial charge in [0.15, 0.2) is 5.78 Å². The second-order valence-electron chi connectivity index (χ2n) is 2.99. The summed E-state index contributed by atoms with van der Waals surface area (Å²) in [6.45, 7) is 10.4. The lowest BCUT2D eigenvalue weighted by Gasteiger charge is -2.15. The Kier molecular flexibility index (Phi) is 7.34. The normalized spacial score (nSPS) is 10.6. The molecule has 0 spiro atoms. The van der Waals surface area contributed by atoms with Gasteiger partial charge in [0.05, 0.1) is 0 Å². The maximum Gasteiger partial charge on any atom is 0.218 e. The first kappa shape index (κ1) is 13.3. The van der Waals surface area contributed by atoms with Crippen LogP contribution in [0.25, 0.3) is 0 Å². The highest BCUT2D eigenvalue weighted by Crippen LogP contribution is 2.08. The molecule has 0 heterocycles. The van der Waals surface area contributed by atoms with Gasteiger partial charge in [0.25, 0.3) is 0 Å². The van der Waals surface area contributed by atoms with E-state index in [1.54, 1.807) is 0 Å². The number of allylic oxidation sites excluding steroid dienone is 1. The Morgan fingerprint density at radius 3 is 2.07 bits per heavy atom. The number of carbonyl (C=O) groups is 1. The van der Waals surface area contributed by atoms with Crippen LogP contribution in [0, 0.1) is 0 Å². The minimum atomic E-state index is -0.715. The molecule has 0 fully saturated rings. The van der Waals surface area contributed by atoms with Crippen molar-refractivity contribution in [2.24, 2.45) is 0 Å². The molecule has 0 aromatic carbocycles. The maximum atomic E-state index is 11.6. The maximum absolute atomic E-state index is 11.6. The van der Waals surface area contributed by atoms with Crippen molar-refractivity contribution >= 4 is 5.78 Å². The van der Waals surface area contributed by atoms with Crippen molar-refractivity contribution in [3.63, 3.8) is 0 Å². The summed E-state index contributed by atoms with van der Waals surface area (Å²) in [5, 5.41) is 0. The van der Waals surface area contributed by atoms with Crippen LogP contribution >= 0.6 is 0 Å². The highest BCUT2D eigenvalue weighted by Gasteiger charge is 2.18. The SMILES string of the molecule is C=C(CC)CC(=O)C(OCC)OCC. The molecular formula is C11H20O3. The van der Waals surface area contributed by atoms with Gasteiger partial charge in [-0.15, -0.1) is 0 Å². The van der Waals surface area contributed by atoms with E-state index in [4.69, 9.17) is 9.47 Å². The van der Waals surface area contributed by atoms with Crippen LogP contribution in [0.1, 0.15) is 33.6 Å². The third-order valence-electron chi connectivity index (χ3n) is 1.82. The fourth-order valence-electron chi connectivity index (χ4n) is 0.991. The van der Waals surface area contributed by atoms with Crippen molar-refractivity contribution < 1.29 is 14.3 Å². The highest BCUT2D eigenvalue weighted by atomic mass is 16.7. The Bertz CT molecular complexity index is 181. The zero-order chi connectivity index (χ0) is 11.0. The van der Waals surface area contributed by atoms with Gasteiger partial charge in [-0.25, -0.2) is 0 Å². The van der Waals surface area contributed by atoms with Gasteiger partial charge in [-0.05, 0) is 20.3 Å². The summed E-state index contributed by atoms with van der Waals surface area (Å²) in [6.07, 6.45) is 0.450. The van der Waals surface area contributed by atoms with Crippen LogP contribution < -0.4 is 0 Å². The van der Waals surface area contributed by atoms with Gasteiger partial charge in [-0.3, -0.25) is 4.79 Å². The second kappa shape index (κ2) is 7.71. The van der Waals surface area contributed by atoms with Gasteiger partial charge in [0, 0.05) is 19.6 Å². The Morgan fingerprint density at radius 2 is 1.71 bits per heavy atom. The van der Waals surface area contributed by atoms with Gasteiger partial charge in [-0.2, -0.15) is 0 Å². The number of Topliss-reactive ketones (excluding diaryl/α,β-unsaturated/α-hetero) is 1. The van der Waals surface area contributed by atoms with E-state index in [2.05, 4.69) is 6.58 Å². The van der Waals surface area contributed by atoms with E-state index < -0.39 is 6.29 Å². The summed E-state index contributed by atoms with van der Waals surface area (Å²) in [4.78, 5) is 11.6. The molecule has 0 saturated carbocycles. The molecule has 0 atom stereocenters. The summed E-state index contributed by atoms with van der Waals surface area (Å²) in [7, 11) is 0. The van der Waals surface area contributed by atoms with E-state index in [0.717, 1.165) is 12.0 Å². The molecule has 3 heteroatoms. The van der Waals surface area contributed by atoms with Gasteiger partial charge < -0.3 is 9.47 Å². The van der Waals surface area contributed by atoms with Crippen LogP contribution in [-0.2, 0) is 14.3 Å². The lowest BCUT2D eigenvalue weighted by Crippen LogP contribution is -2.27. The minimum Gasteiger partial charge on any atom is -0.346 e. The molecule has 14 heavy (non-hydrogen) atoms. The monoisotopic (exact) mass is 200 g/mol. The zero-order valence-electron chi connectivity index (χ0n) is 9.34. The molecule has 0 aromatic rings. The minimum absolute atomic E-state index is 0.0412. The molecule has 0 saturated heterocycles. The summed E-state index contributed by atoms with van der Waals surface area (Å²) in [6, 6.07) is 0. The molecule has 0 N–H and O–H groups in total. The Labute approximate surface area is 86.1 Å². The fourth-order valence-corrected chi connectivity index (χ4v) is 0.991. The zero-order valence-corrected chi connectivity index (χ0v) is 9.34. The van der Waals surface area contributed by atoms with Gasteiger partial charge in [-0.1, -0.05) is 19.1 Å². The molecule has 0 unspecified atom stereocenters. The van der Waals surface area contributed by atoms with E-state index in [0.29, 0.717) is 19.6 Å². The summed E-state index contributed by atoms with van der Waals surface area (Å²) >= 11 is 0. The van der Waals surface area contributed by atoms with Crippen LogP contribution in [0.3, 0.4) is 0 Å². The molecule has 0 aromatic heterocycles. The van der Waals surface area contributed by atoms with E-state index >= 15 is 0 Å². The van der Waals surface area contributed by atoms with Crippen molar-refractivity contribution in [3.8, 4) is 0 Å². The van der Waals surface area contributed by atoms with Gasteiger partial charge in [0.2, 0.25) is 6.29 Å². The summed E-state index contributed by atoms with van der Waals surface area (Å²) < 4.78 is 10.4. The smallest absolute Gasteiger partial charge is 0.218 e. The number of rotatable bonds is 8. The lowest BCUT2D eigenvalue weighted by molar-refractivity contribution is -0.167. The summed E-state index contributed by atoms with van der Waals surface area (Å²) in [5.74, 6) is -0.0412. The quantitative estimate of drug-likeness (QED) is 0.445. The predicted molar refractivity (Wildman–Crippen MR) is 56.1 cm³/mol.